The summed E-state index contributed by atoms with van der Waals surface area (Å²) in [5.41, 5.74) is 10.9. The molecule has 7 aromatic rings. The number of anilines is 1. The Morgan fingerprint density at radius 1 is 0.974 bits per heavy atom. The fourth-order valence-electron chi connectivity index (χ4n) is 4.99. The molecule has 3 N–H and O–H groups in total. The molecule has 0 bridgehead atoms. The summed E-state index contributed by atoms with van der Waals surface area (Å²) in [5.74, 6) is 0.799. The van der Waals surface area contributed by atoms with Crippen LogP contribution in [0.1, 0.15) is 18.7 Å². The van der Waals surface area contributed by atoms with Crippen molar-refractivity contribution in [2.24, 2.45) is 0 Å². The Balaban J connectivity index is 1.50. The Labute approximate surface area is 215 Å². The summed E-state index contributed by atoms with van der Waals surface area (Å²) in [7, 11) is 0. The van der Waals surface area contributed by atoms with Crippen LogP contribution in [0, 0.1) is 0 Å². The number of aromatic amines is 1. The fourth-order valence-corrected chi connectivity index (χ4v) is 4.99. The maximum absolute atomic E-state index is 13.8. The highest BCUT2D eigenvalue weighted by atomic mass is 16.3. The zero-order valence-corrected chi connectivity index (χ0v) is 20.3. The average Bonchev–Trinajstić information content (AvgIpc) is 3.58. The van der Waals surface area contributed by atoms with E-state index in [-0.39, 0.29) is 5.43 Å². The molecule has 0 saturated heterocycles. The number of hydrogen-bond donors (Lipinski definition) is 2. The molecule has 7 rings (SSSR count). The average molecular weight is 500 g/mol. The smallest absolute Gasteiger partial charge is 0.200 e. The standard InChI is InChI=1S/C29H21N7O2/c1-16(27-23(17-7-3-2-4-8-17)26(37)20-9-5-6-10-22(20)38-27)36-29-24(28(30)31-15-32-29)25(35-36)18-11-12-19-14-33-34-21(19)13-18/h2-16H,1H3,(H,33,34)(H2,30,31,32). The van der Waals surface area contributed by atoms with E-state index in [1.165, 1.54) is 6.33 Å². The van der Waals surface area contributed by atoms with E-state index >= 15 is 0 Å². The van der Waals surface area contributed by atoms with Crippen LogP contribution in [-0.2, 0) is 0 Å². The molecule has 9 heteroatoms. The summed E-state index contributed by atoms with van der Waals surface area (Å²) < 4.78 is 8.19. The Hall–Kier alpha value is -5.31. The van der Waals surface area contributed by atoms with Gasteiger partial charge < -0.3 is 10.2 Å². The fraction of sp³-hybridized carbons (Fsp3) is 0.0690. The van der Waals surface area contributed by atoms with Crippen molar-refractivity contribution in [1.82, 2.24) is 29.9 Å². The Morgan fingerprint density at radius 2 is 1.79 bits per heavy atom. The molecule has 0 amide bonds. The number of rotatable bonds is 4. The van der Waals surface area contributed by atoms with Crippen LogP contribution in [-0.4, -0.2) is 29.9 Å². The van der Waals surface area contributed by atoms with Gasteiger partial charge in [0.15, 0.2) is 5.65 Å². The number of nitrogen functional groups attached to an aromatic ring is 1. The summed E-state index contributed by atoms with van der Waals surface area (Å²) in [6.07, 6.45) is 3.18. The normalized spacial score (nSPS) is 12.4. The van der Waals surface area contributed by atoms with E-state index in [0.717, 1.165) is 22.0 Å². The Bertz CT molecular complexity index is 2040. The quantitative estimate of drug-likeness (QED) is 0.335. The second-order valence-electron chi connectivity index (χ2n) is 9.13. The van der Waals surface area contributed by atoms with Gasteiger partial charge in [0.2, 0.25) is 5.43 Å². The number of fused-ring (bicyclic) bond motifs is 3. The van der Waals surface area contributed by atoms with Crippen molar-refractivity contribution < 1.29 is 4.42 Å². The minimum atomic E-state index is -0.496. The molecule has 1 atom stereocenters. The number of benzene rings is 3. The predicted octanol–water partition coefficient (Wildman–Crippen LogP) is 5.33. The summed E-state index contributed by atoms with van der Waals surface area (Å²) in [4.78, 5) is 22.6. The molecule has 0 fully saturated rings. The van der Waals surface area contributed by atoms with E-state index in [4.69, 9.17) is 15.2 Å². The number of nitrogens with one attached hydrogen (secondary N) is 1. The van der Waals surface area contributed by atoms with Gasteiger partial charge in [-0.15, -0.1) is 0 Å². The van der Waals surface area contributed by atoms with Crippen LogP contribution in [0.25, 0.3) is 55.3 Å². The molecule has 9 nitrogen and oxygen atoms in total. The van der Waals surface area contributed by atoms with Gasteiger partial charge in [-0.25, -0.2) is 14.6 Å². The largest absolute Gasteiger partial charge is 0.458 e. The van der Waals surface area contributed by atoms with Gasteiger partial charge >= 0.3 is 0 Å². The first kappa shape index (κ1) is 21.9. The van der Waals surface area contributed by atoms with Gasteiger partial charge in [-0.1, -0.05) is 54.6 Å². The number of nitrogens with two attached hydrogens (primary N) is 1. The maximum atomic E-state index is 13.8. The molecule has 184 valence electrons. The lowest BCUT2D eigenvalue weighted by atomic mass is 9.99. The van der Waals surface area contributed by atoms with Gasteiger partial charge in [-0.05, 0) is 30.7 Å². The molecule has 1 unspecified atom stereocenters. The maximum Gasteiger partial charge on any atom is 0.200 e. The molecule has 4 heterocycles. The number of hydrogen-bond acceptors (Lipinski definition) is 7. The van der Waals surface area contributed by atoms with Crippen LogP contribution in [0.4, 0.5) is 5.82 Å². The Kier molecular flexibility index (Phi) is 4.83. The number of aromatic nitrogens is 6. The van der Waals surface area contributed by atoms with Gasteiger partial charge in [0.05, 0.1) is 28.0 Å². The molecular formula is C29H21N7O2. The highest BCUT2D eigenvalue weighted by Crippen LogP contribution is 2.36. The van der Waals surface area contributed by atoms with E-state index < -0.39 is 6.04 Å². The summed E-state index contributed by atoms with van der Waals surface area (Å²) in [6.45, 7) is 1.94. The van der Waals surface area contributed by atoms with Crippen LogP contribution in [0.3, 0.4) is 0 Å². The van der Waals surface area contributed by atoms with Crippen molar-refractivity contribution in [3.63, 3.8) is 0 Å². The van der Waals surface area contributed by atoms with E-state index in [1.54, 1.807) is 23.0 Å². The molecular weight excluding hydrogens is 478 g/mol. The number of nitrogens with zero attached hydrogens (tertiary/aromatic N) is 5. The van der Waals surface area contributed by atoms with Crippen LogP contribution in [0.2, 0.25) is 0 Å². The van der Waals surface area contributed by atoms with Gasteiger partial charge in [0.1, 0.15) is 35.2 Å². The zero-order valence-electron chi connectivity index (χ0n) is 20.3. The number of H-pyrrole nitrogens is 1. The third-order valence-electron chi connectivity index (χ3n) is 6.87. The van der Waals surface area contributed by atoms with Crippen molar-refractivity contribution in [2.75, 3.05) is 5.73 Å². The molecule has 0 aliphatic carbocycles. The van der Waals surface area contributed by atoms with E-state index in [9.17, 15) is 4.79 Å². The molecule has 0 aliphatic rings. The third-order valence-corrected chi connectivity index (χ3v) is 6.87. The predicted molar refractivity (Wildman–Crippen MR) is 147 cm³/mol. The molecule has 38 heavy (non-hydrogen) atoms. The van der Waals surface area contributed by atoms with Crippen LogP contribution >= 0.6 is 0 Å². The SMILES string of the molecule is CC(c1oc2ccccc2c(=O)c1-c1ccccc1)n1nc(-c2ccc3cn[nH]c3c2)c2c(N)ncnc21. The van der Waals surface area contributed by atoms with E-state index in [1.807, 2.05) is 67.6 Å². The van der Waals surface area contributed by atoms with E-state index in [0.29, 0.717) is 44.8 Å². The summed E-state index contributed by atoms with van der Waals surface area (Å²) >= 11 is 0. The molecule has 0 aliphatic heterocycles. The van der Waals surface area contributed by atoms with E-state index in [2.05, 4.69) is 20.2 Å². The van der Waals surface area contributed by atoms with Crippen molar-refractivity contribution in [3.05, 3.63) is 101 Å². The first-order valence-corrected chi connectivity index (χ1v) is 12.1. The lowest BCUT2D eigenvalue weighted by molar-refractivity contribution is 0.446. The molecule has 3 aromatic carbocycles. The summed E-state index contributed by atoms with van der Waals surface area (Å²) in [5, 5.41) is 14.2. The van der Waals surface area contributed by atoms with Crippen LogP contribution in [0.15, 0.2) is 94.5 Å². The van der Waals surface area contributed by atoms with Crippen molar-refractivity contribution >= 4 is 38.7 Å². The minimum Gasteiger partial charge on any atom is -0.458 e. The minimum absolute atomic E-state index is 0.101. The van der Waals surface area contributed by atoms with Gasteiger partial charge in [-0.2, -0.15) is 10.2 Å². The van der Waals surface area contributed by atoms with Crippen LogP contribution in [0.5, 0.6) is 0 Å². The molecule has 0 saturated carbocycles. The van der Waals surface area contributed by atoms with Crippen molar-refractivity contribution in [2.45, 2.75) is 13.0 Å². The van der Waals surface area contributed by atoms with Gasteiger partial charge in [-0.3, -0.25) is 9.89 Å². The monoisotopic (exact) mass is 499 g/mol. The van der Waals surface area contributed by atoms with Crippen molar-refractivity contribution in [1.29, 1.82) is 0 Å². The lowest BCUT2D eigenvalue weighted by Gasteiger charge is -2.17. The van der Waals surface area contributed by atoms with Gasteiger partial charge in [0, 0.05) is 10.9 Å². The zero-order chi connectivity index (χ0) is 25.8. The molecule has 4 aromatic heterocycles. The highest BCUT2D eigenvalue weighted by Gasteiger charge is 2.27. The van der Waals surface area contributed by atoms with Crippen molar-refractivity contribution in [3.8, 4) is 22.4 Å². The second kappa shape index (κ2) is 8.38. The molecule has 0 spiro atoms. The Morgan fingerprint density at radius 3 is 2.66 bits per heavy atom. The third kappa shape index (κ3) is 3.29. The summed E-state index contributed by atoms with van der Waals surface area (Å²) in [6, 6.07) is 22.2. The number of para-hydroxylation sites is 1. The highest BCUT2D eigenvalue weighted by molar-refractivity contribution is 6.00. The van der Waals surface area contributed by atoms with Crippen LogP contribution < -0.4 is 11.2 Å². The van der Waals surface area contributed by atoms with Gasteiger partial charge in [0.25, 0.3) is 0 Å². The first-order chi connectivity index (χ1) is 18.6. The second-order valence-corrected chi connectivity index (χ2v) is 9.13. The molecule has 0 radical (unpaired) electrons. The first-order valence-electron chi connectivity index (χ1n) is 12.1. The topological polar surface area (TPSA) is 129 Å². The lowest BCUT2D eigenvalue weighted by Crippen LogP contribution is -2.16.